The summed E-state index contributed by atoms with van der Waals surface area (Å²) in [6.07, 6.45) is 0.910. The number of aryl methyl sites for hydroxylation is 1. The number of carbonyl (C=O) groups excluding carboxylic acids is 1. The van der Waals surface area contributed by atoms with Crippen LogP contribution in [0.4, 0.5) is 0 Å². The van der Waals surface area contributed by atoms with Crippen LogP contribution in [0.2, 0.25) is 5.02 Å². The van der Waals surface area contributed by atoms with Crippen LogP contribution >= 0.6 is 11.6 Å². The van der Waals surface area contributed by atoms with Crippen LogP contribution in [0.1, 0.15) is 22.3 Å². The Morgan fingerprint density at radius 1 is 1.06 bits per heavy atom. The fourth-order valence-corrected chi connectivity index (χ4v) is 1.88. The maximum Gasteiger partial charge on any atom is 0.163 e. The molecule has 2 rings (SSSR count). The summed E-state index contributed by atoms with van der Waals surface area (Å²) in [6, 6.07) is 13.9. The largest absolute Gasteiger partial charge is 0.508 e. The minimum absolute atomic E-state index is 0.0509. The number of aromatic hydroxyl groups is 1. The normalized spacial score (nSPS) is 10.3. The van der Waals surface area contributed by atoms with Gasteiger partial charge in [-0.3, -0.25) is 4.79 Å². The summed E-state index contributed by atoms with van der Waals surface area (Å²) < 4.78 is 0. The second-order valence-electron chi connectivity index (χ2n) is 4.06. The van der Waals surface area contributed by atoms with E-state index in [4.69, 9.17) is 11.6 Å². The molecule has 0 saturated heterocycles. The SMILES string of the molecule is O=C(CCc1ccccc1O)c1ccc(Cl)cc1. The molecule has 0 aliphatic rings. The molecule has 3 heteroatoms. The summed E-state index contributed by atoms with van der Waals surface area (Å²) in [7, 11) is 0. The molecule has 0 saturated carbocycles. The zero-order valence-electron chi connectivity index (χ0n) is 9.77. The van der Waals surface area contributed by atoms with E-state index < -0.39 is 0 Å². The molecule has 1 N–H and O–H groups in total. The fraction of sp³-hybridized carbons (Fsp3) is 0.133. The summed E-state index contributed by atoms with van der Waals surface area (Å²) in [5.41, 5.74) is 1.44. The minimum atomic E-state index is 0.0509. The minimum Gasteiger partial charge on any atom is -0.508 e. The molecular formula is C15H13ClO2. The third-order valence-electron chi connectivity index (χ3n) is 2.78. The lowest BCUT2D eigenvalue weighted by atomic mass is 10.0. The van der Waals surface area contributed by atoms with Crippen molar-refractivity contribution < 1.29 is 9.90 Å². The number of rotatable bonds is 4. The maximum atomic E-state index is 11.9. The Bertz CT molecular complexity index is 547. The van der Waals surface area contributed by atoms with Gasteiger partial charge in [-0.2, -0.15) is 0 Å². The van der Waals surface area contributed by atoms with Gasteiger partial charge in [0, 0.05) is 17.0 Å². The van der Waals surface area contributed by atoms with E-state index in [1.54, 1.807) is 36.4 Å². The molecule has 92 valence electrons. The molecule has 0 heterocycles. The van der Waals surface area contributed by atoms with Crippen LogP contribution in [0.3, 0.4) is 0 Å². The smallest absolute Gasteiger partial charge is 0.163 e. The second kappa shape index (κ2) is 5.69. The van der Waals surface area contributed by atoms with Gasteiger partial charge in [-0.1, -0.05) is 29.8 Å². The number of carbonyl (C=O) groups is 1. The number of hydrogen-bond acceptors (Lipinski definition) is 2. The van der Waals surface area contributed by atoms with Crippen molar-refractivity contribution in [3.63, 3.8) is 0 Å². The molecule has 0 spiro atoms. The number of phenolic OH excluding ortho intramolecular Hbond substituents is 1. The van der Waals surface area contributed by atoms with Crippen LogP contribution in [0.25, 0.3) is 0 Å². The van der Waals surface area contributed by atoms with Gasteiger partial charge in [-0.15, -0.1) is 0 Å². The predicted octanol–water partition coefficient (Wildman–Crippen LogP) is 3.86. The van der Waals surface area contributed by atoms with Crippen molar-refractivity contribution in [1.29, 1.82) is 0 Å². The Morgan fingerprint density at radius 2 is 1.72 bits per heavy atom. The van der Waals surface area contributed by atoms with Crippen LogP contribution in [-0.4, -0.2) is 10.9 Å². The van der Waals surface area contributed by atoms with Crippen molar-refractivity contribution in [3.8, 4) is 5.75 Å². The topological polar surface area (TPSA) is 37.3 Å². The molecule has 0 fully saturated rings. The molecule has 0 radical (unpaired) electrons. The monoisotopic (exact) mass is 260 g/mol. The van der Waals surface area contributed by atoms with Crippen LogP contribution in [-0.2, 0) is 6.42 Å². The molecule has 0 bridgehead atoms. The molecule has 0 aliphatic heterocycles. The van der Waals surface area contributed by atoms with Gasteiger partial charge in [0.1, 0.15) is 5.75 Å². The lowest BCUT2D eigenvalue weighted by Gasteiger charge is -2.04. The fourth-order valence-electron chi connectivity index (χ4n) is 1.75. The molecule has 18 heavy (non-hydrogen) atoms. The highest BCUT2D eigenvalue weighted by Crippen LogP contribution is 2.18. The summed E-state index contributed by atoms with van der Waals surface area (Å²) in [5.74, 6) is 0.288. The van der Waals surface area contributed by atoms with Crippen LogP contribution in [0, 0.1) is 0 Å². The third-order valence-corrected chi connectivity index (χ3v) is 3.03. The van der Waals surface area contributed by atoms with E-state index in [9.17, 15) is 9.90 Å². The van der Waals surface area contributed by atoms with Crippen LogP contribution in [0.15, 0.2) is 48.5 Å². The van der Waals surface area contributed by atoms with E-state index in [1.807, 2.05) is 12.1 Å². The zero-order valence-corrected chi connectivity index (χ0v) is 10.5. The first-order chi connectivity index (χ1) is 8.66. The van der Waals surface area contributed by atoms with Crippen molar-refractivity contribution >= 4 is 17.4 Å². The van der Waals surface area contributed by atoms with Crippen molar-refractivity contribution in [2.75, 3.05) is 0 Å². The van der Waals surface area contributed by atoms with Gasteiger partial charge in [0.15, 0.2) is 5.78 Å². The van der Waals surface area contributed by atoms with Gasteiger partial charge in [-0.25, -0.2) is 0 Å². The number of benzene rings is 2. The average molecular weight is 261 g/mol. The van der Waals surface area contributed by atoms with Crippen LogP contribution in [0.5, 0.6) is 5.75 Å². The van der Waals surface area contributed by atoms with Gasteiger partial charge in [0.05, 0.1) is 0 Å². The van der Waals surface area contributed by atoms with Gasteiger partial charge < -0.3 is 5.11 Å². The zero-order chi connectivity index (χ0) is 13.0. The molecular weight excluding hydrogens is 248 g/mol. The van der Waals surface area contributed by atoms with Crippen molar-refractivity contribution in [3.05, 3.63) is 64.7 Å². The Morgan fingerprint density at radius 3 is 2.39 bits per heavy atom. The Kier molecular flexibility index (Phi) is 4.00. The number of para-hydroxylation sites is 1. The lowest BCUT2D eigenvalue weighted by Crippen LogP contribution is -2.01. The standard InChI is InChI=1S/C15H13ClO2/c16-13-8-5-12(6-9-13)15(18)10-7-11-3-1-2-4-14(11)17/h1-6,8-9,17H,7,10H2. The van der Waals surface area contributed by atoms with E-state index >= 15 is 0 Å². The predicted molar refractivity (Wildman–Crippen MR) is 72.2 cm³/mol. The van der Waals surface area contributed by atoms with Gasteiger partial charge >= 0.3 is 0 Å². The van der Waals surface area contributed by atoms with Gasteiger partial charge in [0.2, 0.25) is 0 Å². The molecule has 0 unspecified atom stereocenters. The average Bonchev–Trinajstić information content (AvgIpc) is 2.38. The van der Waals surface area contributed by atoms with E-state index in [1.165, 1.54) is 0 Å². The first kappa shape index (κ1) is 12.7. The second-order valence-corrected chi connectivity index (χ2v) is 4.50. The Labute approximate surface area is 111 Å². The summed E-state index contributed by atoms with van der Waals surface area (Å²) in [6.45, 7) is 0. The first-order valence-corrected chi connectivity index (χ1v) is 6.10. The molecule has 2 aromatic rings. The highest BCUT2D eigenvalue weighted by atomic mass is 35.5. The lowest BCUT2D eigenvalue weighted by molar-refractivity contribution is 0.0983. The molecule has 0 atom stereocenters. The number of Topliss-reactive ketones (excluding diaryl/α,β-unsaturated/α-hetero) is 1. The molecule has 2 aromatic carbocycles. The number of phenols is 1. The molecule has 0 aliphatic carbocycles. The summed E-state index contributed by atoms with van der Waals surface area (Å²) in [5, 5.41) is 10.2. The van der Waals surface area contributed by atoms with E-state index in [2.05, 4.69) is 0 Å². The van der Waals surface area contributed by atoms with Gasteiger partial charge in [0.25, 0.3) is 0 Å². The summed E-state index contributed by atoms with van der Waals surface area (Å²) in [4.78, 5) is 11.9. The highest BCUT2D eigenvalue weighted by molar-refractivity contribution is 6.30. The third kappa shape index (κ3) is 3.11. The number of hydrogen-bond donors (Lipinski definition) is 1. The van der Waals surface area contributed by atoms with Crippen molar-refractivity contribution in [2.45, 2.75) is 12.8 Å². The van der Waals surface area contributed by atoms with E-state index in [0.717, 1.165) is 5.56 Å². The van der Waals surface area contributed by atoms with Crippen LogP contribution < -0.4 is 0 Å². The van der Waals surface area contributed by atoms with E-state index in [0.29, 0.717) is 23.4 Å². The summed E-state index contributed by atoms with van der Waals surface area (Å²) >= 11 is 5.77. The quantitative estimate of drug-likeness (QED) is 0.848. The van der Waals surface area contributed by atoms with Crippen molar-refractivity contribution in [2.24, 2.45) is 0 Å². The molecule has 0 amide bonds. The molecule has 2 nitrogen and oxygen atoms in total. The van der Waals surface area contributed by atoms with Crippen molar-refractivity contribution in [1.82, 2.24) is 0 Å². The number of halogens is 1. The van der Waals surface area contributed by atoms with Gasteiger partial charge in [-0.05, 0) is 42.3 Å². The Hall–Kier alpha value is -1.80. The number of ketones is 1. The Balaban J connectivity index is 2.01. The first-order valence-electron chi connectivity index (χ1n) is 5.72. The highest BCUT2D eigenvalue weighted by Gasteiger charge is 2.07. The molecule has 0 aromatic heterocycles. The maximum absolute atomic E-state index is 11.9. The van der Waals surface area contributed by atoms with E-state index in [-0.39, 0.29) is 11.5 Å².